The van der Waals surface area contributed by atoms with Gasteiger partial charge in [-0.1, -0.05) is 35.2 Å². The molecule has 0 aliphatic rings. The summed E-state index contributed by atoms with van der Waals surface area (Å²) in [6.45, 7) is -0.185. The van der Waals surface area contributed by atoms with Gasteiger partial charge in [-0.25, -0.2) is 0 Å². The van der Waals surface area contributed by atoms with E-state index < -0.39 is 36.5 Å². The monoisotopic (exact) mass is 519 g/mol. The van der Waals surface area contributed by atoms with Gasteiger partial charge in [0.15, 0.2) is 0 Å². The molecule has 1 atom stereocenters. The summed E-state index contributed by atoms with van der Waals surface area (Å²) in [5.41, 5.74) is 1.22. The number of rotatable bonds is 11. The first-order chi connectivity index (χ1) is 16.2. The third-order valence-corrected chi connectivity index (χ3v) is 4.75. The molecule has 0 aliphatic carbocycles. The fourth-order valence-corrected chi connectivity index (χ4v) is 3.29. The molecule has 0 aromatic heterocycles. The summed E-state index contributed by atoms with van der Waals surface area (Å²) in [6, 6.07) is 12.0. The highest BCUT2D eigenvalue weighted by atomic mass is 19.4. The zero-order valence-corrected chi connectivity index (χ0v) is 18.3. The van der Waals surface area contributed by atoms with E-state index in [9.17, 15) is 39.5 Å². The highest BCUT2D eigenvalue weighted by Gasteiger charge is 2.57. The van der Waals surface area contributed by atoms with Crippen LogP contribution in [0.2, 0.25) is 0 Å². The van der Waals surface area contributed by atoms with Crippen molar-refractivity contribution in [2.75, 3.05) is 13.7 Å². The summed E-state index contributed by atoms with van der Waals surface area (Å²) in [5.74, 6) is -0.00773. The predicted octanol–water partition coefficient (Wildman–Crippen LogP) is 6.84. The van der Waals surface area contributed by atoms with E-state index in [1.165, 1.54) is 18.2 Å². The molecule has 0 bridgehead atoms. The second-order valence-electron chi connectivity index (χ2n) is 7.29. The van der Waals surface area contributed by atoms with Crippen LogP contribution in [0, 0.1) is 0 Å². The van der Waals surface area contributed by atoms with Gasteiger partial charge in [-0.3, -0.25) is 0 Å². The Morgan fingerprint density at radius 1 is 0.829 bits per heavy atom. The Morgan fingerprint density at radius 2 is 1.49 bits per heavy atom. The van der Waals surface area contributed by atoms with Crippen LogP contribution in [0.4, 0.5) is 39.5 Å². The predicted molar refractivity (Wildman–Crippen MR) is 106 cm³/mol. The van der Waals surface area contributed by atoms with Crippen molar-refractivity contribution in [1.29, 1.82) is 0 Å². The van der Waals surface area contributed by atoms with Crippen LogP contribution in [0.3, 0.4) is 0 Å². The van der Waals surface area contributed by atoms with Crippen LogP contribution in [-0.2, 0) is 17.6 Å². The van der Waals surface area contributed by atoms with Crippen molar-refractivity contribution in [3.8, 4) is 11.5 Å². The maximum absolute atomic E-state index is 12.8. The standard InChI is InChI=1S/C22H22F9NO3/c1-33-19(32(20(23,24)25)21(26,27)28)10-5-13-34-18-9-3-2-7-16(18)12-11-15-6-4-8-17(14-15)35-22(29,30)31/h2-4,6-9,14,19H,5,10-13H2,1H3. The Bertz CT molecular complexity index is 915. The molecule has 1 unspecified atom stereocenters. The van der Waals surface area contributed by atoms with Gasteiger partial charge in [0.25, 0.3) is 0 Å². The number of nitrogens with zero attached hydrogens (tertiary/aromatic N) is 1. The van der Waals surface area contributed by atoms with Crippen LogP contribution < -0.4 is 9.47 Å². The van der Waals surface area contributed by atoms with Crippen LogP contribution in [0.1, 0.15) is 24.0 Å². The second kappa shape index (κ2) is 11.8. The van der Waals surface area contributed by atoms with Gasteiger partial charge in [-0.15, -0.1) is 13.2 Å². The number of para-hydroxylation sites is 1. The number of methoxy groups -OCH3 is 1. The molecular weight excluding hydrogens is 497 g/mol. The highest BCUT2D eigenvalue weighted by molar-refractivity contribution is 5.35. The van der Waals surface area contributed by atoms with Crippen molar-refractivity contribution in [2.45, 2.75) is 50.9 Å². The van der Waals surface area contributed by atoms with E-state index in [0.717, 1.165) is 7.11 Å². The minimum absolute atomic E-state index is 0.174. The Balaban J connectivity index is 1.95. The number of halogens is 9. The molecule has 13 heteroatoms. The van der Waals surface area contributed by atoms with Crippen LogP contribution in [-0.4, -0.2) is 43.8 Å². The number of hydrogen-bond donors (Lipinski definition) is 0. The average Bonchev–Trinajstić information content (AvgIpc) is 2.72. The van der Waals surface area contributed by atoms with E-state index in [-0.39, 0.29) is 18.8 Å². The third-order valence-electron chi connectivity index (χ3n) is 4.75. The van der Waals surface area contributed by atoms with Crippen LogP contribution >= 0.6 is 0 Å². The molecule has 2 aromatic rings. The van der Waals surface area contributed by atoms with Gasteiger partial charge in [0.1, 0.15) is 17.7 Å². The second-order valence-corrected chi connectivity index (χ2v) is 7.29. The Labute approximate surface area is 195 Å². The van der Waals surface area contributed by atoms with Crippen molar-refractivity contribution in [2.24, 2.45) is 0 Å². The first kappa shape index (κ1) is 28.6. The van der Waals surface area contributed by atoms with Crippen molar-refractivity contribution < 1.29 is 53.7 Å². The fraction of sp³-hybridized carbons (Fsp3) is 0.455. The van der Waals surface area contributed by atoms with Gasteiger partial charge < -0.3 is 14.2 Å². The molecule has 0 saturated heterocycles. The van der Waals surface area contributed by atoms with Gasteiger partial charge in [-0.2, -0.15) is 26.3 Å². The Kier molecular flexibility index (Phi) is 9.67. The lowest BCUT2D eigenvalue weighted by Crippen LogP contribution is -2.54. The molecule has 0 fully saturated rings. The van der Waals surface area contributed by atoms with Crippen molar-refractivity contribution >= 4 is 0 Å². The summed E-state index contributed by atoms with van der Waals surface area (Å²) < 4.78 is 128. The van der Waals surface area contributed by atoms with E-state index in [0.29, 0.717) is 29.7 Å². The molecule has 2 aromatic carbocycles. The molecule has 196 valence electrons. The van der Waals surface area contributed by atoms with Crippen LogP contribution in [0.15, 0.2) is 48.5 Å². The molecule has 0 heterocycles. The average molecular weight is 519 g/mol. The van der Waals surface area contributed by atoms with Gasteiger partial charge >= 0.3 is 19.0 Å². The molecule has 4 nitrogen and oxygen atoms in total. The summed E-state index contributed by atoms with van der Waals surface area (Å²) in [6.07, 6.45) is -18.5. The van der Waals surface area contributed by atoms with Gasteiger partial charge in [0.05, 0.1) is 6.61 Å². The van der Waals surface area contributed by atoms with E-state index in [1.54, 1.807) is 30.3 Å². The molecule has 0 aliphatic heterocycles. The summed E-state index contributed by atoms with van der Waals surface area (Å²) in [4.78, 5) is -1.61. The van der Waals surface area contributed by atoms with E-state index in [1.807, 2.05) is 0 Å². The number of benzene rings is 2. The summed E-state index contributed by atoms with van der Waals surface area (Å²) in [5, 5.41) is 0. The highest BCUT2D eigenvalue weighted by Crippen LogP contribution is 2.37. The minimum Gasteiger partial charge on any atom is -0.493 e. The molecule has 0 amide bonds. The maximum atomic E-state index is 12.8. The Hall–Kier alpha value is -2.67. The molecule has 35 heavy (non-hydrogen) atoms. The van der Waals surface area contributed by atoms with Crippen LogP contribution in [0.5, 0.6) is 11.5 Å². The SMILES string of the molecule is COC(CCCOc1ccccc1CCc1cccc(OC(F)(F)F)c1)N(C(F)(F)F)C(F)(F)F. The number of ether oxygens (including phenoxy) is 3. The molecule has 0 radical (unpaired) electrons. The molecular formula is C22H22F9NO3. The maximum Gasteiger partial charge on any atom is 0.573 e. The topological polar surface area (TPSA) is 30.9 Å². The lowest BCUT2D eigenvalue weighted by atomic mass is 10.0. The molecule has 0 N–H and O–H groups in total. The molecule has 2 rings (SSSR count). The summed E-state index contributed by atoms with van der Waals surface area (Å²) >= 11 is 0. The lowest BCUT2D eigenvalue weighted by Gasteiger charge is -2.33. The Morgan fingerprint density at radius 3 is 2.09 bits per heavy atom. The van der Waals surface area contributed by atoms with Crippen molar-refractivity contribution in [1.82, 2.24) is 4.90 Å². The third kappa shape index (κ3) is 9.48. The molecule has 0 spiro atoms. The normalized spacial score (nSPS) is 13.7. The number of alkyl halides is 9. The summed E-state index contributed by atoms with van der Waals surface area (Å²) in [7, 11) is 0.750. The lowest BCUT2D eigenvalue weighted by molar-refractivity contribution is -0.407. The quantitative estimate of drug-likeness (QED) is 0.141. The fourth-order valence-electron chi connectivity index (χ4n) is 3.29. The molecule has 0 saturated carbocycles. The zero-order chi connectivity index (χ0) is 26.3. The van der Waals surface area contributed by atoms with E-state index in [4.69, 9.17) is 4.74 Å². The van der Waals surface area contributed by atoms with E-state index >= 15 is 0 Å². The van der Waals surface area contributed by atoms with Crippen LogP contribution in [0.25, 0.3) is 0 Å². The van der Waals surface area contributed by atoms with Gasteiger partial charge in [-0.05, 0) is 55.0 Å². The minimum atomic E-state index is -5.67. The van der Waals surface area contributed by atoms with Crippen molar-refractivity contribution in [3.05, 3.63) is 59.7 Å². The van der Waals surface area contributed by atoms with Crippen molar-refractivity contribution in [3.63, 3.8) is 0 Å². The zero-order valence-electron chi connectivity index (χ0n) is 18.3. The first-order valence-corrected chi connectivity index (χ1v) is 10.2. The largest absolute Gasteiger partial charge is 0.573 e. The van der Waals surface area contributed by atoms with E-state index in [2.05, 4.69) is 9.47 Å². The smallest absolute Gasteiger partial charge is 0.493 e. The number of aryl methyl sites for hydroxylation is 2. The first-order valence-electron chi connectivity index (χ1n) is 10.2. The van der Waals surface area contributed by atoms with Gasteiger partial charge in [0.2, 0.25) is 0 Å². The number of hydrogen-bond acceptors (Lipinski definition) is 4. The van der Waals surface area contributed by atoms with Gasteiger partial charge in [0, 0.05) is 7.11 Å².